The van der Waals surface area contributed by atoms with Crippen molar-refractivity contribution in [3.63, 3.8) is 0 Å². The van der Waals surface area contributed by atoms with Crippen molar-refractivity contribution in [2.24, 2.45) is 0 Å². The Bertz CT molecular complexity index is 804. The zero-order valence-corrected chi connectivity index (χ0v) is 15.7. The Morgan fingerprint density at radius 1 is 1.30 bits per heavy atom. The van der Waals surface area contributed by atoms with Crippen LogP contribution < -0.4 is 14.8 Å². The van der Waals surface area contributed by atoms with Gasteiger partial charge in [-0.15, -0.1) is 0 Å². The number of hydrogen-bond acceptors (Lipinski definition) is 5. The molecule has 1 aromatic carbocycles. The van der Waals surface area contributed by atoms with E-state index in [9.17, 15) is 10.1 Å². The summed E-state index contributed by atoms with van der Waals surface area (Å²) < 4.78 is 16.3. The highest BCUT2D eigenvalue weighted by atomic mass is 16.5. The molecule has 1 aromatic heterocycles. The number of carbonyl (C=O) groups excluding carboxylic acids is 1. The minimum Gasteiger partial charge on any atom is -0.493 e. The molecule has 6 heteroatoms. The molecule has 0 bridgehead atoms. The van der Waals surface area contributed by atoms with Gasteiger partial charge in [0.25, 0.3) is 5.91 Å². The highest BCUT2D eigenvalue weighted by Gasteiger charge is 2.11. The second-order valence-corrected chi connectivity index (χ2v) is 5.90. The third-order valence-corrected chi connectivity index (χ3v) is 3.87. The Labute approximate surface area is 159 Å². The highest BCUT2D eigenvalue weighted by molar-refractivity contribution is 6.01. The lowest BCUT2D eigenvalue weighted by Gasteiger charge is -2.11. The first kappa shape index (κ1) is 20.1. The topological polar surface area (TPSA) is 84.5 Å². The maximum atomic E-state index is 12.2. The molecule has 0 aliphatic carbocycles. The molecule has 2 aromatic rings. The molecule has 0 saturated heterocycles. The van der Waals surface area contributed by atoms with E-state index in [4.69, 9.17) is 13.9 Å². The molecule has 27 heavy (non-hydrogen) atoms. The first-order chi connectivity index (χ1) is 13.2. The number of rotatable bonds is 10. The van der Waals surface area contributed by atoms with E-state index in [1.165, 1.54) is 12.3 Å². The molecule has 1 N–H and O–H groups in total. The Hall–Kier alpha value is -3.20. The van der Waals surface area contributed by atoms with Gasteiger partial charge in [-0.2, -0.15) is 5.26 Å². The van der Waals surface area contributed by atoms with Gasteiger partial charge in [-0.3, -0.25) is 4.79 Å². The molecular weight excluding hydrogens is 344 g/mol. The molecular formula is C21H24N2O4. The van der Waals surface area contributed by atoms with Crippen molar-refractivity contribution in [2.45, 2.75) is 32.7 Å². The van der Waals surface area contributed by atoms with Gasteiger partial charge in [0.15, 0.2) is 11.5 Å². The minimum absolute atomic E-state index is 0.000207. The van der Waals surface area contributed by atoms with Crippen LogP contribution in [0.4, 0.5) is 0 Å². The van der Waals surface area contributed by atoms with E-state index >= 15 is 0 Å². The summed E-state index contributed by atoms with van der Waals surface area (Å²) in [5.41, 5.74) is 0.678. The first-order valence-corrected chi connectivity index (χ1v) is 8.91. The van der Waals surface area contributed by atoms with Gasteiger partial charge in [-0.05, 0) is 42.3 Å². The SMILES string of the molecule is CCCCCOc1ccc(/C=C(/C#N)C(=O)NCc2ccco2)cc1OC. The number of unbranched alkanes of at least 4 members (excludes halogenated alkanes) is 2. The highest BCUT2D eigenvalue weighted by Crippen LogP contribution is 2.29. The van der Waals surface area contributed by atoms with Gasteiger partial charge in [-0.25, -0.2) is 0 Å². The van der Waals surface area contributed by atoms with Crippen LogP contribution in [0.2, 0.25) is 0 Å². The number of amides is 1. The average molecular weight is 368 g/mol. The summed E-state index contributed by atoms with van der Waals surface area (Å²) >= 11 is 0. The fraction of sp³-hybridized carbons (Fsp3) is 0.333. The molecule has 142 valence electrons. The number of nitrogens with zero attached hydrogens (tertiary/aromatic N) is 1. The van der Waals surface area contributed by atoms with Crippen molar-refractivity contribution in [3.8, 4) is 17.6 Å². The average Bonchev–Trinajstić information content (AvgIpc) is 3.21. The zero-order valence-electron chi connectivity index (χ0n) is 15.7. The smallest absolute Gasteiger partial charge is 0.262 e. The van der Waals surface area contributed by atoms with Crippen molar-refractivity contribution < 1.29 is 18.7 Å². The summed E-state index contributed by atoms with van der Waals surface area (Å²) in [7, 11) is 1.56. The van der Waals surface area contributed by atoms with Gasteiger partial charge in [0.1, 0.15) is 17.4 Å². The summed E-state index contributed by atoms with van der Waals surface area (Å²) in [6.07, 6.45) is 6.27. The molecule has 2 rings (SSSR count). The molecule has 0 unspecified atom stereocenters. The second-order valence-electron chi connectivity index (χ2n) is 5.90. The molecule has 6 nitrogen and oxygen atoms in total. The normalized spacial score (nSPS) is 10.9. The Morgan fingerprint density at radius 3 is 2.81 bits per heavy atom. The van der Waals surface area contributed by atoms with Gasteiger partial charge >= 0.3 is 0 Å². The summed E-state index contributed by atoms with van der Waals surface area (Å²) in [6, 6.07) is 10.7. The van der Waals surface area contributed by atoms with Crippen LogP contribution in [0.1, 0.15) is 37.5 Å². The Morgan fingerprint density at radius 2 is 2.15 bits per heavy atom. The van der Waals surface area contributed by atoms with E-state index < -0.39 is 5.91 Å². The molecule has 0 saturated carbocycles. The summed E-state index contributed by atoms with van der Waals surface area (Å²) in [4.78, 5) is 12.2. The van der Waals surface area contributed by atoms with E-state index in [0.29, 0.717) is 29.4 Å². The van der Waals surface area contributed by atoms with Gasteiger partial charge in [0.2, 0.25) is 0 Å². The third-order valence-electron chi connectivity index (χ3n) is 3.87. The summed E-state index contributed by atoms with van der Waals surface area (Å²) in [5, 5.41) is 12.0. The van der Waals surface area contributed by atoms with Crippen molar-refractivity contribution in [3.05, 3.63) is 53.5 Å². The van der Waals surface area contributed by atoms with Crippen LogP contribution in [0.3, 0.4) is 0 Å². The predicted octanol–water partition coefficient (Wildman–Crippen LogP) is 4.08. The molecule has 0 spiro atoms. The van der Waals surface area contributed by atoms with Crippen LogP contribution in [0, 0.1) is 11.3 Å². The van der Waals surface area contributed by atoms with Crippen LogP contribution in [0.25, 0.3) is 6.08 Å². The number of ether oxygens (including phenoxy) is 2. The second kappa shape index (κ2) is 10.7. The fourth-order valence-corrected chi connectivity index (χ4v) is 2.42. The number of hydrogen-bond donors (Lipinski definition) is 1. The van der Waals surface area contributed by atoms with Crippen LogP contribution in [0.5, 0.6) is 11.5 Å². The van der Waals surface area contributed by atoms with Crippen molar-refractivity contribution in [1.29, 1.82) is 5.26 Å². The van der Waals surface area contributed by atoms with Gasteiger partial charge in [-0.1, -0.05) is 25.8 Å². The van der Waals surface area contributed by atoms with Crippen LogP contribution in [-0.4, -0.2) is 19.6 Å². The summed E-state index contributed by atoms with van der Waals surface area (Å²) in [6.45, 7) is 2.98. The Kier molecular flexibility index (Phi) is 7.98. The predicted molar refractivity (Wildman–Crippen MR) is 102 cm³/mol. The molecule has 0 aliphatic heterocycles. The van der Waals surface area contributed by atoms with Gasteiger partial charge < -0.3 is 19.2 Å². The largest absolute Gasteiger partial charge is 0.493 e. The first-order valence-electron chi connectivity index (χ1n) is 8.91. The maximum absolute atomic E-state index is 12.2. The Balaban J connectivity index is 2.05. The molecule has 0 aliphatic rings. The number of furan rings is 1. The van der Waals surface area contributed by atoms with E-state index in [1.54, 1.807) is 37.4 Å². The van der Waals surface area contributed by atoms with Crippen molar-refractivity contribution in [2.75, 3.05) is 13.7 Å². The number of nitriles is 1. The quantitative estimate of drug-likeness (QED) is 0.388. The van der Waals surface area contributed by atoms with E-state index in [1.807, 2.05) is 6.07 Å². The lowest BCUT2D eigenvalue weighted by molar-refractivity contribution is -0.117. The van der Waals surface area contributed by atoms with Crippen LogP contribution >= 0.6 is 0 Å². The lowest BCUT2D eigenvalue weighted by Crippen LogP contribution is -2.23. The third kappa shape index (κ3) is 6.23. The van der Waals surface area contributed by atoms with Gasteiger partial charge in [0, 0.05) is 0 Å². The maximum Gasteiger partial charge on any atom is 0.262 e. The lowest BCUT2D eigenvalue weighted by atomic mass is 10.1. The van der Waals surface area contributed by atoms with Crippen molar-refractivity contribution in [1.82, 2.24) is 5.32 Å². The number of methoxy groups -OCH3 is 1. The van der Waals surface area contributed by atoms with Gasteiger partial charge in [0.05, 0.1) is 26.5 Å². The van der Waals surface area contributed by atoms with E-state index in [0.717, 1.165) is 19.3 Å². The zero-order chi connectivity index (χ0) is 19.5. The fourth-order valence-electron chi connectivity index (χ4n) is 2.42. The van der Waals surface area contributed by atoms with Crippen LogP contribution in [0.15, 0.2) is 46.6 Å². The standard InChI is InChI=1S/C21H24N2O4/c1-3-4-5-10-27-19-9-8-16(13-20(19)25-2)12-17(14-22)21(24)23-15-18-7-6-11-26-18/h6-9,11-13H,3-5,10,15H2,1-2H3,(H,23,24)/b17-12-. The molecule has 0 atom stereocenters. The number of nitrogens with one attached hydrogen (secondary N) is 1. The van der Waals surface area contributed by atoms with E-state index in [2.05, 4.69) is 12.2 Å². The summed E-state index contributed by atoms with van der Waals surface area (Å²) in [5.74, 6) is 1.36. The van der Waals surface area contributed by atoms with Crippen molar-refractivity contribution >= 4 is 12.0 Å². The molecule has 1 heterocycles. The number of carbonyl (C=O) groups is 1. The van der Waals surface area contributed by atoms with E-state index in [-0.39, 0.29) is 12.1 Å². The molecule has 0 radical (unpaired) electrons. The monoisotopic (exact) mass is 368 g/mol. The number of benzene rings is 1. The molecule has 1 amide bonds. The molecule has 0 fully saturated rings. The van der Waals surface area contributed by atoms with Crippen LogP contribution in [-0.2, 0) is 11.3 Å². The minimum atomic E-state index is -0.465.